The first-order valence-corrected chi connectivity index (χ1v) is 5.15. The highest BCUT2D eigenvalue weighted by Crippen LogP contribution is 2.19. The molecule has 0 aliphatic carbocycles. The van der Waals surface area contributed by atoms with Gasteiger partial charge in [-0.1, -0.05) is 12.1 Å². The van der Waals surface area contributed by atoms with Crippen molar-refractivity contribution in [1.29, 1.82) is 0 Å². The molecule has 0 saturated heterocycles. The Labute approximate surface area is 94.4 Å². The minimum Gasteiger partial charge on any atom is -0.388 e. The summed E-state index contributed by atoms with van der Waals surface area (Å²) in [6.07, 6.45) is 1.78. The Bertz CT molecular complexity index is 541. The van der Waals surface area contributed by atoms with E-state index in [1.54, 1.807) is 23.9 Å². The van der Waals surface area contributed by atoms with Crippen molar-refractivity contribution in [2.24, 2.45) is 7.05 Å². The Morgan fingerprint density at radius 2 is 1.75 bits per heavy atom. The van der Waals surface area contributed by atoms with Gasteiger partial charge in [0.1, 0.15) is 0 Å². The lowest BCUT2D eigenvalue weighted by atomic mass is 10.1. The van der Waals surface area contributed by atoms with Crippen LogP contribution in [0.2, 0.25) is 0 Å². The van der Waals surface area contributed by atoms with E-state index in [2.05, 4.69) is 5.32 Å². The minimum atomic E-state index is 0.00944. The zero-order chi connectivity index (χ0) is 11.5. The highest BCUT2D eigenvalue weighted by Gasteiger charge is 1.99. The van der Waals surface area contributed by atoms with E-state index in [9.17, 15) is 4.79 Å². The lowest BCUT2D eigenvalue weighted by Crippen LogP contribution is -2.13. The molecule has 0 atom stereocenters. The van der Waals surface area contributed by atoms with Crippen molar-refractivity contribution in [1.82, 2.24) is 4.57 Å². The largest absolute Gasteiger partial charge is 0.388 e. The molecule has 3 nitrogen and oxygen atoms in total. The molecule has 0 radical (unpaired) electrons. The molecule has 1 heterocycles. The second-order valence-electron chi connectivity index (χ2n) is 3.69. The maximum Gasteiger partial charge on any atom is 0.250 e. The minimum absolute atomic E-state index is 0.00944. The van der Waals surface area contributed by atoms with E-state index >= 15 is 0 Å². The van der Waals surface area contributed by atoms with E-state index in [1.165, 1.54) is 0 Å². The first kappa shape index (κ1) is 10.5. The summed E-state index contributed by atoms with van der Waals surface area (Å²) in [7, 11) is 3.63. The van der Waals surface area contributed by atoms with Crippen LogP contribution in [0.4, 0.5) is 5.69 Å². The van der Waals surface area contributed by atoms with Crippen LogP contribution >= 0.6 is 0 Å². The van der Waals surface area contributed by atoms with Crippen molar-refractivity contribution in [3.05, 3.63) is 52.9 Å². The average Bonchev–Trinajstić information content (AvgIpc) is 2.33. The van der Waals surface area contributed by atoms with Crippen LogP contribution in [0.1, 0.15) is 0 Å². The quantitative estimate of drug-likeness (QED) is 0.830. The van der Waals surface area contributed by atoms with Crippen molar-refractivity contribution in [3.63, 3.8) is 0 Å². The SMILES string of the molecule is CNc1ccc(-c2ccn(C)c(=O)c2)cc1. The molecule has 16 heavy (non-hydrogen) atoms. The van der Waals surface area contributed by atoms with Gasteiger partial charge < -0.3 is 9.88 Å². The number of anilines is 1. The van der Waals surface area contributed by atoms with Crippen LogP contribution in [0.5, 0.6) is 0 Å². The standard InChI is InChI=1S/C13H14N2O/c1-14-12-5-3-10(4-6-12)11-7-8-15(2)13(16)9-11/h3-9,14H,1-2H3. The van der Waals surface area contributed by atoms with Crippen molar-refractivity contribution in [2.75, 3.05) is 12.4 Å². The molecule has 0 fully saturated rings. The van der Waals surface area contributed by atoms with Gasteiger partial charge in [-0.05, 0) is 29.3 Å². The van der Waals surface area contributed by atoms with Crippen LogP contribution in [0.25, 0.3) is 11.1 Å². The Morgan fingerprint density at radius 3 is 2.31 bits per heavy atom. The summed E-state index contributed by atoms with van der Waals surface area (Å²) in [4.78, 5) is 11.5. The third-order valence-corrected chi connectivity index (χ3v) is 2.61. The monoisotopic (exact) mass is 214 g/mol. The number of nitrogens with one attached hydrogen (secondary N) is 1. The van der Waals surface area contributed by atoms with Crippen LogP contribution in [-0.4, -0.2) is 11.6 Å². The Balaban J connectivity index is 2.42. The normalized spacial score (nSPS) is 10.1. The van der Waals surface area contributed by atoms with Gasteiger partial charge in [-0.25, -0.2) is 0 Å². The summed E-state index contributed by atoms with van der Waals surface area (Å²) >= 11 is 0. The lowest BCUT2D eigenvalue weighted by molar-refractivity contribution is 0.861. The predicted octanol–water partition coefficient (Wildman–Crippen LogP) is 2.09. The number of aromatic nitrogens is 1. The fourth-order valence-corrected chi connectivity index (χ4v) is 1.56. The number of nitrogens with zero attached hydrogens (tertiary/aromatic N) is 1. The number of aryl methyl sites for hydroxylation is 1. The molecule has 0 amide bonds. The Hall–Kier alpha value is -2.03. The zero-order valence-electron chi connectivity index (χ0n) is 9.40. The van der Waals surface area contributed by atoms with Gasteiger partial charge >= 0.3 is 0 Å². The summed E-state index contributed by atoms with van der Waals surface area (Å²) in [5.41, 5.74) is 3.07. The van der Waals surface area contributed by atoms with Gasteiger partial charge in [-0.2, -0.15) is 0 Å². The van der Waals surface area contributed by atoms with Gasteiger partial charge in [0, 0.05) is 32.0 Å². The first-order chi connectivity index (χ1) is 7.70. The molecule has 0 spiro atoms. The predicted molar refractivity (Wildman–Crippen MR) is 66.7 cm³/mol. The van der Waals surface area contributed by atoms with Crippen LogP contribution < -0.4 is 10.9 Å². The second kappa shape index (κ2) is 4.23. The molecule has 0 saturated carbocycles. The van der Waals surface area contributed by atoms with Crippen LogP contribution in [0, 0.1) is 0 Å². The lowest BCUT2D eigenvalue weighted by Gasteiger charge is -2.04. The van der Waals surface area contributed by atoms with Gasteiger partial charge in [-0.15, -0.1) is 0 Å². The van der Waals surface area contributed by atoms with Gasteiger partial charge in [0.25, 0.3) is 5.56 Å². The van der Waals surface area contributed by atoms with Crippen molar-refractivity contribution < 1.29 is 0 Å². The maximum atomic E-state index is 11.5. The summed E-state index contributed by atoms with van der Waals surface area (Å²) in [6, 6.07) is 11.6. The van der Waals surface area contributed by atoms with Crippen LogP contribution in [0.3, 0.4) is 0 Å². The molecule has 1 N–H and O–H groups in total. The van der Waals surface area contributed by atoms with Crippen LogP contribution in [0.15, 0.2) is 47.4 Å². The van der Waals surface area contributed by atoms with E-state index in [-0.39, 0.29) is 5.56 Å². The summed E-state index contributed by atoms with van der Waals surface area (Å²) in [5.74, 6) is 0. The zero-order valence-corrected chi connectivity index (χ0v) is 9.40. The van der Waals surface area contributed by atoms with Gasteiger partial charge in [0.2, 0.25) is 0 Å². The fourth-order valence-electron chi connectivity index (χ4n) is 1.56. The topological polar surface area (TPSA) is 34.0 Å². The van der Waals surface area contributed by atoms with Gasteiger partial charge in [0.15, 0.2) is 0 Å². The van der Waals surface area contributed by atoms with Gasteiger partial charge in [0.05, 0.1) is 0 Å². The molecular formula is C13H14N2O. The summed E-state index contributed by atoms with van der Waals surface area (Å²) < 4.78 is 1.56. The van der Waals surface area contributed by atoms with E-state index in [1.807, 2.05) is 37.4 Å². The smallest absolute Gasteiger partial charge is 0.250 e. The first-order valence-electron chi connectivity index (χ1n) is 5.15. The van der Waals surface area contributed by atoms with E-state index in [0.29, 0.717) is 0 Å². The number of rotatable bonds is 2. The fraction of sp³-hybridized carbons (Fsp3) is 0.154. The average molecular weight is 214 g/mol. The second-order valence-corrected chi connectivity index (χ2v) is 3.69. The van der Waals surface area contributed by atoms with E-state index < -0.39 is 0 Å². The molecule has 82 valence electrons. The van der Waals surface area contributed by atoms with Crippen LogP contribution in [-0.2, 0) is 7.05 Å². The number of hydrogen-bond donors (Lipinski definition) is 1. The molecule has 0 aliphatic heterocycles. The summed E-state index contributed by atoms with van der Waals surface area (Å²) in [5, 5.41) is 3.06. The van der Waals surface area contributed by atoms with E-state index in [4.69, 9.17) is 0 Å². The van der Waals surface area contributed by atoms with Crippen molar-refractivity contribution >= 4 is 5.69 Å². The highest BCUT2D eigenvalue weighted by molar-refractivity contribution is 5.65. The molecular weight excluding hydrogens is 200 g/mol. The number of pyridine rings is 1. The van der Waals surface area contributed by atoms with E-state index in [0.717, 1.165) is 16.8 Å². The molecule has 1 aromatic carbocycles. The molecule has 1 aromatic heterocycles. The molecule has 2 rings (SSSR count). The third kappa shape index (κ3) is 1.98. The third-order valence-electron chi connectivity index (χ3n) is 2.61. The van der Waals surface area contributed by atoms with Crippen molar-refractivity contribution in [3.8, 4) is 11.1 Å². The van der Waals surface area contributed by atoms with Gasteiger partial charge in [-0.3, -0.25) is 4.79 Å². The molecule has 2 aromatic rings. The highest BCUT2D eigenvalue weighted by atomic mass is 16.1. The molecule has 0 aliphatic rings. The van der Waals surface area contributed by atoms with Crippen molar-refractivity contribution in [2.45, 2.75) is 0 Å². The maximum absolute atomic E-state index is 11.5. The molecule has 0 bridgehead atoms. The number of hydrogen-bond acceptors (Lipinski definition) is 2. The number of benzene rings is 1. The summed E-state index contributed by atoms with van der Waals surface area (Å²) in [6.45, 7) is 0. The molecule has 3 heteroatoms. The molecule has 0 unspecified atom stereocenters. The Kier molecular flexibility index (Phi) is 2.77. The Morgan fingerprint density at radius 1 is 1.06 bits per heavy atom.